The highest BCUT2D eigenvalue weighted by Crippen LogP contribution is 2.58. The molecule has 28 heavy (non-hydrogen) atoms. The van der Waals surface area contributed by atoms with E-state index in [9.17, 15) is 13.2 Å². The van der Waals surface area contributed by atoms with E-state index in [0.29, 0.717) is 5.69 Å². The largest absolute Gasteiger partial charge is 0.334 e. The van der Waals surface area contributed by atoms with E-state index in [1.807, 2.05) is 18.2 Å². The maximum atomic E-state index is 12.4. The summed E-state index contributed by atoms with van der Waals surface area (Å²) < 4.78 is 24.3. The number of benzene rings is 2. The van der Waals surface area contributed by atoms with E-state index in [2.05, 4.69) is 36.6 Å². The molecule has 0 spiro atoms. The summed E-state index contributed by atoms with van der Waals surface area (Å²) in [5.41, 5.74) is 1.64. The van der Waals surface area contributed by atoms with Crippen LogP contribution in [0.25, 0.3) is 0 Å². The Kier molecular flexibility index (Phi) is 5.18. The van der Waals surface area contributed by atoms with Crippen LogP contribution >= 0.6 is 0 Å². The van der Waals surface area contributed by atoms with Crippen molar-refractivity contribution in [2.75, 3.05) is 5.32 Å². The third-order valence-electron chi connectivity index (χ3n) is 5.36. The molecule has 3 atom stereocenters. The van der Waals surface area contributed by atoms with Crippen LogP contribution in [0.5, 0.6) is 0 Å². The van der Waals surface area contributed by atoms with Gasteiger partial charge >= 0.3 is 6.03 Å². The molecule has 2 aromatic carbocycles. The molecule has 0 bridgehead atoms. The molecule has 1 fully saturated rings. The third-order valence-corrected chi connectivity index (χ3v) is 7.33. The lowest BCUT2D eigenvalue weighted by Gasteiger charge is -2.10. The topological polar surface area (TPSA) is 99.1 Å². The van der Waals surface area contributed by atoms with Gasteiger partial charge in [-0.25, -0.2) is 13.2 Å². The van der Waals surface area contributed by atoms with Gasteiger partial charge in [0.25, 0.3) is 0 Å². The van der Waals surface area contributed by atoms with E-state index in [0.717, 1.165) is 0 Å². The van der Waals surface area contributed by atoms with E-state index in [-0.39, 0.29) is 28.3 Å². The van der Waals surface area contributed by atoms with Crippen molar-refractivity contribution in [3.63, 3.8) is 0 Å². The van der Waals surface area contributed by atoms with E-state index < -0.39 is 15.1 Å². The monoisotopic (exact) mass is 397 g/mol. The van der Waals surface area contributed by atoms with Crippen molar-refractivity contribution in [2.24, 2.45) is 5.41 Å². The Morgan fingerprint density at radius 2 is 1.71 bits per heavy atom. The third kappa shape index (κ3) is 3.73. The van der Waals surface area contributed by atoms with Crippen LogP contribution in [-0.2, 0) is 9.84 Å². The number of hydrogen-bond acceptors (Lipinski definition) is 4. The summed E-state index contributed by atoms with van der Waals surface area (Å²) >= 11 is 0. The second-order valence-electron chi connectivity index (χ2n) is 7.63. The lowest BCUT2D eigenvalue weighted by Crippen LogP contribution is -2.33. The van der Waals surface area contributed by atoms with Crippen LogP contribution < -0.4 is 10.6 Å². The smallest absolute Gasteiger partial charge is 0.319 e. The molecule has 1 aliphatic carbocycles. The van der Waals surface area contributed by atoms with Gasteiger partial charge in [0.05, 0.1) is 11.0 Å². The molecule has 2 amide bonds. The van der Waals surface area contributed by atoms with Gasteiger partial charge in [-0.1, -0.05) is 44.2 Å². The van der Waals surface area contributed by atoms with Gasteiger partial charge in [-0.05, 0) is 42.2 Å². The maximum absolute atomic E-state index is 12.4. The molecule has 2 aromatic rings. The first-order chi connectivity index (χ1) is 13.2. The standard InChI is InChI=1S/C21H23N3O3S/c1-14(13-22)28(26,27)17-11-9-16(10-12-17)23-20(25)24-19-18(21(19,2)3)15-7-5-4-6-8-15/h4-12,14,18-19H,1-3H3,(H2,23,24,25)/t14?,18-,19-/m1/s1. The van der Waals surface area contributed by atoms with Gasteiger partial charge in [0.2, 0.25) is 0 Å². The number of anilines is 1. The van der Waals surface area contributed by atoms with Gasteiger partial charge in [0, 0.05) is 17.6 Å². The SMILES string of the molecule is CC(C#N)S(=O)(=O)c1ccc(NC(=O)N[C@@H]2[C@@H](c3ccccc3)C2(C)C)cc1. The molecule has 1 saturated carbocycles. The highest BCUT2D eigenvalue weighted by molar-refractivity contribution is 7.92. The van der Waals surface area contributed by atoms with Crippen molar-refractivity contribution < 1.29 is 13.2 Å². The molecule has 2 N–H and O–H groups in total. The summed E-state index contributed by atoms with van der Waals surface area (Å²) in [6, 6.07) is 17.3. The van der Waals surface area contributed by atoms with Crippen LogP contribution in [0.3, 0.4) is 0 Å². The Hall–Kier alpha value is -2.85. The number of hydrogen-bond donors (Lipinski definition) is 2. The molecular formula is C21H23N3O3S. The highest BCUT2D eigenvalue weighted by atomic mass is 32.2. The average Bonchev–Trinajstić information content (AvgIpc) is 3.21. The van der Waals surface area contributed by atoms with Gasteiger partial charge in [-0.3, -0.25) is 0 Å². The number of amides is 2. The molecule has 7 heteroatoms. The summed E-state index contributed by atoms with van der Waals surface area (Å²) in [6.07, 6.45) is 0. The molecule has 0 aromatic heterocycles. The number of sulfone groups is 1. The molecule has 0 aliphatic heterocycles. The number of carbonyl (C=O) groups excluding carboxylic acids is 1. The van der Waals surface area contributed by atoms with Crippen molar-refractivity contribution in [3.8, 4) is 6.07 Å². The molecule has 1 unspecified atom stereocenters. The van der Waals surface area contributed by atoms with Crippen LogP contribution in [0.1, 0.15) is 32.3 Å². The molecule has 3 rings (SSSR count). The number of nitriles is 1. The zero-order valence-electron chi connectivity index (χ0n) is 16.0. The minimum atomic E-state index is -3.69. The van der Waals surface area contributed by atoms with Crippen molar-refractivity contribution >= 4 is 21.6 Å². The van der Waals surface area contributed by atoms with Crippen LogP contribution in [0.4, 0.5) is 10.5 Å². The molecule has 0 saturated heterocycles. The number of nitrogens with one attached hydrogen (secondary N) is 2. The average molecular weight is 398 g/mol. The van der Waals surface area contributed by atoms with Gasteiger partial charge < -0.3 is 10.6 Å². The number of rotatable bonds is 5. The minimum Gasteiger partial charge on any atom is -0.334 e. The maximum Gasteiger partial charge on any atom is 0.319 e. The lowest BCUT2D eigenvalue weighted by atomic mass is 10.0. The van der Waals surface area contributed by atoms with E-state index in [1.54, 1.807) is 6.07 Å². The molecular weight excluding hydrogens is 374 g/mol. The van der Waals surface area contributed by atoms with Crippen molar-refractivity contribution in [1.29, 1.82) is 5.26 Å². The lowest BCUT2D eigenvalue weighted by molar-refractivity contribution is 0.250. The molecule has 6 nitrogen and oxygen atoms in total. The summed E-state index contributed by atoms with van der Waals surface area (Å²) in [5, 5.41) is 13.5. The first-order valence-electron chi connectivity index (χ1n) is 9.04. The predicted molar refractivity (Wildman–Crippen MR) is 108 cm³/mol. The first kappa shape index (κ1) is 19.9. The summed E-state index contributed by atoms with van der Waals surface area (Å²) in [6.45, 7) is 5.58. The second-order valence-corrected chi connectivity index (χ2v) is 9.90. The Bertz CT molecular complexity index is 1010. The summed E-state index contributed by atoms with van der Waals surface area (Å²) in [4.78, 5) is 12.4. The van der Waals surface area contributed by atoms with E-state index >= 15 is 0 Å². The number of nitrogens with zero attached hydrogens (tertiary/aromatic N) is 1. The normalized spacial score (nSPS) is 21.2. The van der Waals surface area contributed by atoms with Crippen molar-refractivity contribution in [3.05, 3.63) is 60.2 Å². The van der Waals surface area contributed by atoms with Crippen LogP contribution in [0, 0.1) is 16.7 Å². The quantitative estimate of drug-likeness (QED) is 0.804. The first-order valence-corrected chi connectivity index (χ1v) is 10.6. The summed E-state index contributed by atoms with van der Waals surface area (Å²) in [7, 11) is -3.69. The zero-order chi connectivity index (χ0) is 20.5. The van der Waals surface area contributed by atoms with Gasteiger partial charge in [-0.15, -0.1) is 0 Å². The fourth-order valence-electron chi connectivity index (χ4n) is 3.50. The Balaban J connectivity index is 1.64. The van der Waals surface area contributed by atoms with Crippen molar-refractivity contribution in [1.82, 2.24) is 5.32 Å². The van der Waals surface area contributed by atoms with Crippen molar-refractivity contribution in [2.45, 2.75) is 42.9 Å². The fourth-order valence-corrected chi connectivity index (χ4v) is 4.56. The molecule has 146 valence electrons. The highest BCUT2D eigenvalue weighted by Gasteiger charge is 2.59. The zero-order valence-corrected chi connectivity index (χ0v) is 16.8. The minimum absolute atomic E-state index is 0.0195. The Morgan fingerprint density at radius 3 is 2.29 bits per heavy atom. The van der Waals surface area contributed by atoms with Crippen LogP contribution in [0.15, 0.2) is 59.5 Å². The second kappa shape index (κ2) is 7.28. The van der Waals surface area contributed by atoms with E-state index in [4.69, 9.17) is 5.26 Å². The number of urea groups is 1. The van der Waals surface area contributed by atoms with Gasteiger partial charge in [0.15, 0.2) is 9.84 Å². The van der Waals surface area contributed by atoms with Crippen LogP contribution in [-0.4, -0.2) is 25.7 Å². The van der Waals surface area contributed by atoms with E-state index in [1.165, 1.54) is 36.8 Å². The Morgan fingerprint density at radius 1 is 1.11 bits per heavy atom. The Labute approximate surface area is 165 Å². The van der Waals surface area contributed by atoms with Gasteiger partial charge in [-0.2, -0.15) is 5.26 Å². The van der Waals surface area contributed by atoms with Gasteiger partial charge in [0.1, 0.15) is 5.25 Å². The molecule has 0 radical (unpaired) electrons. The fraction of sp³-hybridized carbons (Fsp3) is 0.333. The van der Waals surface area contributed by atoms with Crippen LogP contribution in [0.2, 0.25) is 0 Å². The molecule has 1 aliphatic rings. The number of carbonyl (C=O) groups is 1. The summed E-state index contributed by atoms with van der Waals surface area (Å²) in [5.74, 6) is 0.249. The molecule has 0 heterocycles. The predicted octanol–water partition coefficient (Wildman–Crippen LogP) is 3.69.